The van der Waals surface area contributed by atoms with Crippen molar-refractivity contribution in [2.45, 2.75) is 45.7 Å². The van der Waals surface area contributed by atoms with Crippen LogP contribution in [0.2, 0.25) is 0 Å². The molecule has 3 aromatic carbocycles. The molecule has 2 amide bonds. The maximum atomic E-state index is 14.2. The molecule has 0 spiro atoms. The lowest BCUT2D eigenvalue weighted by Gasteiger charge is -2.34. The largest absolute Gasteiger partial charge is 0.486 e. The van der Waals surface area contributed by atoms with Crippen molar-refractivity contribution in [2.24, 2.45) is 0 Å². The molecule has 0 saturated carbocycles. The molecule has 0 saturated heterocycles. The normalized spacial score (nSPS) is 13.2. The van der Waals surface area contributed by atoms with E-state index in [0.29, 0.717) is 36.8 Å². The van der Waals surface area contributed by atoms with Gasteiger partial charge in [0.2, 0.25) is 21.8 Å². The van der Waals surface area contributed by atoms with E-state index in [0.717, 1.165) is 22.7 Å². The van der Waals surface area contributed by atoms with Gasteiger partial charge in [-0.2, -0.15) is 0 Å². The molecule has 43 heavy (non-hydrogen) atoms. The number of rotatable bonds is 14. The Balaban J connectivity index is 1.72. The van der Waals surface area contributed by atoms with E-state index < -0.39 is 34.3 Å². The van der Waals surface area contributed by atoms with Crippen molar-refractivity contribution in [3.63, 3.8) is 0 Å². The summed E-state index contributed by atoms with van der Waals surface area (Å²) in [6, 6.07) is 18.7. The zero-order valence-electron chi connectivity index (χ0n) is 24.5. The molecule has 0 bridgehead atoms. The van der Waals surface area contributed by atoms with Crippen molar-refractivity contribution in [3.05, 3.63) is 89.7 Å². The molecule has 4 rings (SSSR count). The van der Waals surface area contributed by atoms with Crippen LogP contribution in [0, 0.1) is 5.82 Å². The number of halogens is 1. The van der Waals surface area contributed by atoms with Crippen LogP contribution in [-0.2, 0) is 32.6 Å². The number of unbranched alkanes of at least 4 members (excludes halogenated alkanes) is 1. The van der Waals surface area contributed by atoms with Crippen LogP contribution in [0.1, 0.15) is 37.8 Å². The molecule has 0 aromatic heterocycles. The van der Waals surface area contributed by atoms with E-state index in [1.165, 1.54) is 30.0 Å². The van der Waals surface area contributed by atoms with Crippen LogP contribution in [0.15, 0.2) is 72.8 Å². The first kappa shape index (κ1) is 31.8. The summed E-state index contributed by atoms with van der Waals surface area (Å²) >= 11 is 0. The molecule has 230 valence electrons. The highest BCUT2D eigenvalue weighted by molar-refractivity contribution is 7.92. The maximum absolute atomic E-state index is 14.2. The number of hydrogen-bond acceptors (Lipinski definition) is 6. The molecule has 1 N–H and O–H groups in total. The molecule has 0 unspecified atom stereocenters. The monoisotopic (exact) mass is 611 g/mol. The lowest BCUT2D eigenvalue weighted by atomic mass is 10.0. The summed E-state index contributed by atoms with van der Waals surface area (Å²) in [5.41, 5.74) is 1.67. The molecule has 1 aliphatic heterocycles. The van der Waals surface area contributed by atoms with Crippen molar-refractivity contribution in [3.8, 4) is 11.5 Å². The third-order valence-corrected chi connectivity index (χ3v) is 8.90. The zero-order valence-corrected chi connectivity index (χ0v) is 25.3. The second kappa shape index (κ2) is 14.9. The highest BCUT2D eigenvalue weighted by Gasteiger charge is 2.34. The smallest absolute Gasteiger partial charge is 0.244 e. The van der Waals surface area contributed by atoms with Crippen molar-refractivity contribution < 1.29 is 31.9 Å². The van der Waals surface area contributed by atoms with E-state index >= 15 is 0 Å². The second-order valence-corrected chi connectivity index (χ2v) is 12.4. The average Bonchev–Trinajstić information content (AvgIpc) is 3.02. The van der Waals surface area contributed by atoms with E-state index in [1.807, 2.05) is 37.3 Å². The van der Waals surface area contributed by atoms with E-state index in [-0.39, 0.29) is 30.3 Å². The summed E-state index contributed by atoms with van der Waals surface area (Å²) < 4.78 is 52.7. The fraction of sp³-hybridized carbons (Fsp3) is 0.375. The highest BCUT2D eigenvalue weighted by Crippen LogP contribution is 2.35. The number of hydrogen-bond donors (Lipinski definition) is 1. The van der Waals surface area contributed by atoms with Gasteiger partial charge < -0.3 is 19.7 Å². The van der Waals surface area contributed by atoms with Crippen LogP contribution in [0.3, 0.4) is 0 Å². The molecule has 3 aromatic rings. The van der Waals surface area contributed by atoms with E-state index in [9.17, 15) is 22.4 Å². The first-order valence-electron chi connectivity index (χ1n) is 14.5. The molecular formula is C32H38FN3O6S. The van der Waals surface area contributed by atoms with Gasteiger partial charge in [-0.05, 0) is 48.7 Å². The minimum atomic E-state index is -3.93. The van der Waals surface area contributed by atoms with Gasteiger partial charge in [-0.15, -0.1) is 0 Å². The number of amides is 2. The quantitative estimate of drug-likeness (QED) is 0.273. The molecule has 0 fully saturated rings. The summed E-state index contributed by atoms with van der Waals surface area (Å²) in [6.45, 7) is 4.06. The van der Waals surface area contributed by atoms with Crippen molar-refractivity contribution >= 4 is 27.5 Å². The SMILES string of the molecule is CCCCNC(=O)[C@@H](Cc1ccccc1)N(Cc1ccc(F)cc1)C(=O)CN(c1ccc2c(c1)OCCO2)S(=O)(=O)CC. The number of sulfonamides is 1. The standard InChI is InChI=1S/C32H38FN3O6S/c1-3-5-17-34-32(38)28(20-24-9-7-6-8-10-24)35(22-25-11-13-26(33)14-12-25)31(37)23-36(43(39,40)4-2)27-15-16-29-30(21-27)42-19-18-41-29/h6-16,21,28H,3-5,17-20,22-23H2,1-2H3,(H,34,38)/t28-/m1/s1. The minimum absolute atomic E-state index is 0.0288. The van der Waals surface area contributed by atoms with Crippen LogP contribution >= 0.6 is 0 Å². The number of fused-ring (bicyclic) bond motifs is 1. The number of carbonyl (C=O) groups is 2. The third-order valence-electron chi connectivity index (χ3n) is 7.16. The van der Waals surface area contributed by atoms with E-state index in [4.69, 9.17) is 9.47 Å². The van der Waals surface area contributed by atoms with Crippen molar-refractivity contribution in [1.82, 2.24) is 10.2 Å². The van der Waals surface area contributed by atoms with E-state index in [2.05, 4.69) is 5.32 Å². The number of benzene rings is 3. The molecule has 0 aliphatic carbocycles. The van der Waals surface area contributed by atoms with Gasteiger partial charge in [-0.25, -0.2) is 12.8 Å². The Hall–Kier alpha value is -4.12. The molecule has 9 nitrogen and oxygen atoms in total. The van der Waals surface area contributed by atoms with Gasteiger partial charge in [0.25, 0.3) is 0 Å². The number of nitrogens with one attached hydrogen (secondary N) is 1. The van der Waals surface area contributed by atoms with Gasteiger partial charge in [0.1, 0.15) is 31.6 Å². The third kappa shape index (κ3) is 8.47. The predicted octanol–water partition coefficient (Wildman–Crippen LogP) is 4.31. The minimum Gasteiger partial charge on any atom is -0.486 e. The first-order valence-corrected chi connectivity index (χ1v) is 16.1. The molecule has 0 radical (unpaired) electrons. The van der Waals surface area contributed by atoms with Gasteiger partial charge in [0.15, 0.2) is 11.5 Å². The van der Waals surface area contributed by atoms with Crippen LogP contribution in [0.5, 0.6) is 11.5 Å². The summed E-state index contributed by atoms with van der Waals surface area (Å²) in [7, 11) is -3.93. The fourth-order valence-electron chi connectivity index (χ4n) is 4.75. The number of nitrogens with zero attached hydrogens (tertiary/aromatic N) is 2. The van der Waals surface area contributed by atoms with Crippen LogP contribution in [0.4, 0.5) is 10.1 Å². The Labute approximate surface area is 252 Å². The summed E-state index contributed by atoms with van der Waals surface area (Å²) in [4.78, 5) is 29.3. The van der Waals surface area contributed by atoms with Gasteiger partial charge in [-0.3, -0.25) is 13.9 Å². The average molecular weight is 612 g/mol. The Kier molecular flexibility index (Phi) is 11.0. The second-order valence-electron chi connectivity index (χ2n) is 10.2. The van der Waals surface area contributed by atoms with Gasteiger partial charge in [0.05, 0.1) is 11.4 Å². The Morgan fingerprint density at radius 1 is 0.930 bits per heavy atom. The van der Waals surface area contributed by atoms with Crippen LogP contribution < -0.4 is 19.1 Å². The van der Waals surface area contributed by atoms with Crippen LogP contribution in [-0.4, -0.2) is 63.2 Å². The Bertz CT molecular complexity index is 1480. The lowest BCUT2D eigenvalue weighted by molar-refractivity contribution is -0.140. The lowest BCUT2D eigenvalue weighted by Crippen LogP contribution is -2.53. The molecular weight excluding hydrogens is 573 g/mol. The highest BCUT2D eigenvalue weighted by atomic mass is 32.2. The Morgan fingerprint density at radius 2 is 1.63 bits per heavy atom. The maximum Gasteiger partial charge on any atom is 0.244 e. The molecule has 1 heterocycles. The van der Waals surface area contributed by atoms with Crippen molar-refractivity contribution in [1.29, 1.82) is 0 Å². The van der Waals surface area contributed by atoms with Crippen molar-refractivity contribution in [2.75, 3.05) is 36.4 Å². The topological polar surface area (TPSA) is 105 Å². The van der Waals surface area contributed by atoms with Crippen LogP contribution in [0.25, 0.3) is 0 Å². The van der Waals surface area contributed by atoms with Gasteiger partial charge in [-0.1, -0.05) is 55.8 Å². The fourth-order valence-corrected chi connectivity index (χ4v) is 5.81. The number of anilines is 1. The summed E-state index contributed by atoms with van der Waals surface area (Å²) in [5, 5.41) is 2.94. The number of carbonyl (C=O) groups excluding carboxylic acids is 2. The first-order chi connectivity index (χ1) is 20.7. The summed E-state index contributed by atoms with van der Waals surface area (Å²) in [6.07, 6.45) is 1.85. The Morgan fingerprint density at radius 3 is 2.30 bits per heavy atom. The van der Waals surface area contributed by atoms with Gasteiger partial charge >= 0.3 is 0 Å². The predicted molar refractivity (Wildman–Crippen MR) is 163 cm³/mol. The molecule has 1 atom stereocenters. The molecule has 11 heteroatoms. The molecule has 1 aliphatic rings. The summed E-state index contributed by atoms with van der Waals surface area (Å²) in [5.74, 6) is -0.747. The van der Waals surface area contributed by atoms with Gasteiger partial charge in [0, 0.05) is 25.6 Å². The van der Waals surface area contributed by atoms with E-state index in [1.54, 1.807) is 24.3 Å². The zero-order chi connectivity index (χ0) is 30.8. The number of ether oxygens (including phenoxy) is 2.